The number of amides is 1. The minimum absolute atomic E-state index is 0.0618. The van der Waals surface area contributed by atoms with E-state index in [0.717, 1.165) is 29.4 Å². The van der Waals surface area contributed by atoms with E-state index >= 15 is 0 Å². The molecule has 3 aromatic rings. The van der Waals surface area contributed by atoms with E-state index in [1.165, 1.54) is 6.26 Å². The van der Waals surface area contributed by atoms with E-state index in [4.69, 9.17) is 13.9 Å². The normalized spacial score (nSPS) is 19.1. The van der Waals surface area contributed by atoms with Crippen LogP contribution in [0.4, 0.5) is 0 Å². The summed E-state index contributed by atoms with van der Waals surface area (Å²) in [6.07, 6.45) is 3.14. The maximum Gasteiger partial charge on any atom is 0.275 e. The minimum atomic E-state index is -0.262. The van der Waals surface area contributed by atoms with Crippen LogP contribution in [-0.4, -0.2) is 47.7 Å². The van der Waals surface area contributed by atoms with Gasteiger partial charge in [-0.1, -0.05) is 19.1 Å². The van der Waals surface area contributed by atoms with Gasteiger partial charge in [-0.2, -0.15) is 0 Å². The zero-order valence-corrected chi connectivity index (χ0v) is 17.3. The number of hydrogen-bond acceptors (Lipinski definition) is 6. The molecule has 0 saturated carbocycles. The number of carbonyl (C=O) groups excluding carboxylic acids is 1. The van der Waals surface area contributed by atoms with Crippen LogP contribution in [0.15, 0.2) is 47.1 Å². The van der Waals surface area contributed by atoms with Gasteiger partial charge in [0.2, 0.25) is 5.89 Å². The van der Waals surface area contributed by atoms with Crippen molar-refractivity contribution < 1.29 is 23.8 Å². The fraction of sp³-hybridized carbons (Fsp3) is 0.391. The number of fused-ring (bicyclic) bond motifs is 1. The molecule has 1 unspecified atom stereocenters. The fourth-order valence-corrected chi connectivity index (χ4v) is 3.82. The highest BCUT2D eigenvalue weighted by Gasteiger charge is 2.33. The summed E-state index contributed by atoms with van der Waals surface area (Å²) >= 11 is 0. The molecular weight excluding hydrogens is 384 g/mol. The third-order valence-electron chi connectivity index (χ3n) is 5.60. The summed E-state index contributed by atoms with van der Waals surface area (Å²) in [6, 6.07) is 11.6. The number of piperidine rings is 1. The molecule has 1 N–H and O–H groups in total. The Morgan fingerprint density at radius 2 is 2.00 bits per heavy atom. The van der Waals surface area contributed by atoms with Crippen molar-refractivity contribution in [3.8, 4) is 11.5 Å². The molecule has 4 rings (SSSR count). The Balaban J connectivity index is 1.41. The summed E-state index contributed by atoms with van der Waals surface area (Å²) in [5, 5.41) is 11.7. The molecule has 0 aliphatic carbocycles. The Kier molecular flexibility index (Phi) is 5.63. The number of aliphatic hydroxyl groups excluding tert-OH is 1. The number of likely N-dealkylation sites (tertiary alicyclic amines) is 1. The average molecular weight is 410 g/mol. The quantitative estimate of drug-likeness (QED) is 0.668. The zero-order valence-electron chi connectivity index (χ0n) is 17.3. The van der Waals surface area contributed by atoms with E-state index in [1.807, 2.05) is 43.3 Å². The van der Waals surface area contributed by atoms with Gasteiger partial charge in [-0.05, 0) is 47.9 Å². The molecule has 158 valence electrons. The number of methoxy groups -OCH3 is 1. The van der Waals surface area contributed by atoms with Crippen LogP contribution in [0.1, 0.15) is 36.1 Å². The fourth-order valence-electron chi connectivity index (χ4n) is 3.82. The van der Waals surface area contributed by atoms with Crippen molar-refractivity contribution in [1.29, 1.82) is 0 Å². The van der Waals surface area contributed by atoms with E-state index in [-0.39, 0.29) is 30.2 Å². The van der Waals surface area contributed by atoms with Gasteiger partial charge in [0.1, 0.15) is 17.8 Å². The molecule has 1 aliphatic rings. The number of aliphatic hydroxyl groups is 1. The second kappa shape index (κ2) is 8.36. The largest absolute Gasteiger partial charge is 0.497 e. The first-order valence-electron chi connectivity index (χ1n) is 10.0. The van der Waals surface area contributed by atoms with Crippen LogP contribution in [0, 0.1) is 5.41 Å². The number of nitrogens with zero attached hydrogens (tertiary/aromatic N) is 2. The molecular formula is C23H26N2O5. The lowest BCUT2D eigenvalue weighted by Crippen LogP contribution is -2.46. The Morgan fingerprint density at radius 1 is 1.23 bits per heavy atom. The van der Waals surface area contributed by atoms with E-state index in [2.05, 4.69) is 4.98 Å². The number of rotatable bonds is 6. The number of oxazole rings is 1. The summed E-state index contributed by atoms with van der Waals surface area (Å²) in [7, 11) is 1.64. The van der Waals surface area contributed by atoms with Crippen molar-refractivity contribution in [2.45, 2.75) is 26.4 Å². The van der Waals surface area contributed by atoms with Crippen molar-refractivity contribution in [3.05, 3.63) is 54.2 Å². The summed E-state index contributed by atoms with van der Waals surface area (Å²) in [4.78, 5) is 18.8. The molecule has 0 radical (unpaired) electrons. The number of carbonyl (C=O) groups is 1. The van der Waals surface area contributed by atoms with E-state index < -0.39 is 0 Å². The Morgan fingerprint density at radius 3 is 2.77 bits per heavy atom. The van der Waals surface area contributed by atoms with Gasteiger partial charge in [-0.3, -0.25) is 4.79 Å². The lowest BCUT2D eigenvalue weighted by molar-refractivity contribution is 0.0353. The molecule has 0 bridgehead atoms. The van der Waals surface area contributed by atoms with Crippen LogP contribution in [0.2, 0.25) is 0 Å². The van der Waals surface area contributed by atoms with Gasteiger partial charge >= 0.3 is 0 Å². The van der Waals surface area contributed by atoms with Gasteiger partial charge in [0.15, 0.2) is 12.3 Å². The molecule has 7 nitrogen and oxygen atoms in total. The standard InChI is InChI=1S/C23H26N2O5/c1-23(15-26)8-3-9-25(14-23)22(27)20-12-30-21(24-20)13-29-19-7-5-16-4-6-18(28-2)10-17(16)11-19/h4-7,10-12,26H,3,8-9,13-15H2,1-2H3. The molecule has 30 heavy (non-hydrogen) atoms. The lowest BCUT2D eigenvalue weighted by atomic mass is 9.83. The molecule has 7 heteroatoms. The molecule has 1 aromatic heterocycles. The van der Waals surface area contributed by atoms with Crippen molar-refractivity contribution in [3.63, 3.8) is 0 Å². The van der Waals surface area contributed by atoms with Crippen LogP contribution in [0.5, 0.6) is 11.5 Å². The van der Waals surface area contributed by atoms with E-state index in [0.29, 0.717) is 24.7 Å². The Bertz CT molecular complexity index is 1050. The maximum absolute atomic E-state index is 12.8. The van der Waals surface area contributed by atoms with Crippen LogP contribution in [-0.2, 0) is 6.61 Å². The number of aromatic nitrogens is 1. The SMILES string of the molecule is COc1ccc2ccc(OCc3nc(C(=O)N4CCCC(C)(CO)C4)co3)cc2c1. The van der Waals surface area contributed by atoms with Crippen molar-refractivity contribution in [1.82, 2.24) is 9.88 Å². The average Bonchev–Trinajstić information content (AvgIpc) is 3.25. The number of ether oxygens (including phenoxy) is 2. The zero-order chi connectivity index (χ0) is 21.1. The predicted molar refractivity (Wildman–Crippen MR) is 112 cm³/mol. The topological polar surface area (TPSA) is 85.0 Å². The van der Waals surface area contributed by atoms with Crippen molar-refractivity contribution in [2.75, 3.05) is 26.8 Å². The van der Waals surface area contributed by atoms with Crippen LogP contribution >= 0.6 is 0 Å². The number of benzene rings is 2. The minimum Gasteiger partial charge on any atom is -0.497 e. The summed E-state index contributed by atoms with van der Waals surface area (Å²) in [5.74, 6) is 1.62. The molecule has 1 fully saturated rings. The van der Waals surface area contributed by atoms with Gasteiger partial charge in [0.05, 0.1) is 13.7 Å². The van der Waals surface area contributed by atoms with Crippen molar-refractivity contribution in [2.24, 2.45) is 5.41 Å². The molecule has 1 atom stereocenters. The smallest absolute Gasteiger partial charge is 0.275 e. The first-order chi connectivity index (χ1) is 14.5. The highest BCUT2D eigenvalue weighted by molar-refractivity contribution is 5.92. The third-order valence-corrected chi connectivity index (χ3v) is 5.60. The molecule has 2 aromatic carbocycles. The van der Waals surface area contributed by atoms with Crippen LogP contribution in [0.25, 0.3) is 10.8 Å². The Labute approximate surface area is 175 Å². The first kappa shape index (κ1) is 20.2. The summed E-state index contributed by atoms with van der Waals surface area (Å²) in [5.41, 5.74) is 0.00144. The van der Waals surface area contributed by atoms with E-state index in [9.17, 15) is 9.90 Å². The lowest BCUT2D eigenvalue weighted by Gasteiger charge is -2.38. The highest BCUT2D eigenvalue weighted by Crippen LogP contribution is 2.29. The second-order valence-corrected chi connectivity index (χ2v) is 8.09. The molecule has 1 saturated heterocycles. The van der Waals surface area contributed by atoms with Gasteiger partial charge in [0.25, 0.3) is 5.91 Å². The van der Waals surface area contributed by atoms with Crippen molar-refractivity contribution >= 4 is 16.7 Å². The predicted octanol–water partition coefficient (Wildman–Crippen LogP) is 3.65. The third kappa shape index (κ3) is 4.26. The molecule has 1 amide bonds. The van der Waals surface area contributed by atoms with Gasteiger partial charge < -0.3 is 23.9 Å². The monoisotopic (exact) mass is 410 g/mol. The Hall–Kier alpha value is -3.06. The second-order valence-electron chi connectivity index (χ2n) is 8.09. The summed E-state index contributed by atoms with van der Waals surface area (Å²) in [6.45, 7) is 3.35. The van der Waals surface area contributed by atoms with Gasteiger partial charge in [-0.15, -0.1) is 0 Å². The van der Waals surface area contributed by atoms with Crippen LogP contribution in [0.3, 0.4) is 0 Å². The molecule has 0 spiro atoms. The summed E-state index contributed by atoms with van der Waals surface area (Å²) < 4.78 is 16.5. The van der Waals surface area contributed by atoms with E-state index in [1.54, 1.807) is 12.0 Å². The highest BCUT2D eigenvalue weighted by atomic mass is 16.5. The van der Waals surface area contributed by atoms with Gasteiger partial charge in [0, 0.05) is 18.5 Å². The van der Waals surface area contributed by atoms with Crippen LogP contribution < -0.4 is 9.47 Å². The maximum atomic E-state index is 12.8. The molecule has 1 aliphatic heterocycles. The first-order valence-corrected chi connectivity index (χ1v) is 10.0. The van der Waals surface area contributed by atoms with Gasteiger partial charge in [-0.25, -0.2) is 4.98 Å². The molecule has 2 heterocycles. The number of hydrogen-bond donors (Lipinski definition) is 1.